The van der Waals surface area contributed by atoms with Crippen LogP contribution in [0.5, 0.6) is 0 Å². The minimum absolute atomic E-state index is 0.0164. The summed E-state index contributed by atoms with van der Waals surface area (Å²) in [6, 6.07) is 8.20. The number of fused-ring (bicyclic) bond motifs is 1. The second kappa shape index (κ2) is 4.83. The molecule has 0 aliphatic rings. The Morgan fingerprint density at radius 2 is 1.86 bits per heavy atom. The molecule has 0 spiro atoms. The van der Waals surface area contributed by atoms with Crippen LogP contribution >= 0.6 is 0 Å². The molecule has 4 N–H and O–H groups in total. The molecule has 0 fully saturated rings. The number of aromatic nitrogens is 3. The zero-order valence-corrected chi connectivity index (χ0v) is 12.0. The van der Waals surface area contributed by atoms with Crippen LogP contribution in [0.2, 0.25) is 0 Å². The largest absolute Gasteiger partial charge is 0.345 e. The number of nitrogens with zero attached hydrogens (tertiary/aromatic N) is 2. The predicted molar refractivity (Wildman–Crippen MR) is 78.3 cm³/mol. The van der Waals surface area contributed by atoms with Gasteiger partial charge in [-0.2, -0.15) is 0 Å². The third-order valence-corrected chi connectivity index (χ3v) is 4.76. The van der Waals surface area contributed by atoms with Crippen molar-refractivity contribution in [3.63, 3.8) is 0 Å². The van der Waals surface area contributed by atoms with Gasteiger partial charge in [0.15, 0.2) is 11.5 Å². The molecule has 2 heterocycles. The van der Waals surface area contributed by atoms with Gasteiger partial charge in [0.1, 0.15) is 5.52 Å². The number of aromatic amines is 1. The monoisotopic (exact) mass is 303 g/mol. The molecule has 7 nitrogen and oxygen atoms in total. The van der Waals surface area contributed by atoms with Crippen molar-refractivity contribution in [2.24, 2.45) is 5.84 Å². The zero-order chi connectivity index (χ0) is 15.0. The first kappa shape index (κ1) is 13.5. The number of H-pyrrole nitrogens is 1. The summed E-state index contributed by atoms with van der Waals surface area (Å²) in [5.74, 6) is 5.40. The number of nitrogens with two attached hydrogens (primary N) is 1. The first-order chi connectivity index (χ1) is 10.0. The van der Waals surface area contributed by atoms with E-state index in [9.17, 15) is 8.42 Å². The summed E-state index contributed by atoms with van der Waals surface area (Å²) in [4.78, 5) is 11.3. The van der Waals surface area contributed by atoms with Crippen LogP contribution in [-0.2, 0) is 9.84 Å². The van der Waals surface area contributed by atoms with E-state index in [0.29, 0.717) is 11.2 Å². The third-order valence-electron chi connectivity index (χ3n) is 3.07. The molecule has 0 unspecified atom stereocenters. The summed E-state index contributed by atoms with van der Waals surface area (Å²) in [6.07, 6.45) is 1.63. The molecule has 0 atom stereocenters. The summed E-state index contributed by atoms with van der Waals surface area (Å²) in [6.45, 7) is 1.88. The number of hydrogen-bond donors (Lipinski definition) is 3. The van der Waals surface area contributed by atoms with Gasteiger partial charge in [0, 0.05) is 6.20 Å². The van der Waals surface area contributed by atoms with Crippen molar-refractivity contribution in [2.45, 2.75) is 16.8 Å². The molecule has 8 heteroatoms. The van der Waals surface area contributed by atoms with Crippen molar-refractivity contribution in [3.05, 3.63) is 42.1 Å². The highest BCUT2D eigenvalue weighted by molar-refractivity contribution is 7.91. The van der Waals surface area contributed by atoms with E-state index in [1.807, 2.05) is 6.92 Å². The van der Waals surface area contributed by atoms with Crippen LogP contribution in [0.3, 0.4) is 0 Å². The maximum atomic E-state index is 12.7. The summed E-state index contributed by atoms with van der Waals surface area (Å²) >= 11 is 0. The van der Waals surface area contributed by atoms with E-state index in [1.165, 1.54) is 12.1 Å². The number of hydrogen-bond acceptors (Lipinski definition) is 6. The van der Waals surface area contributed by atoms with Crippen LogP contribution in [0, 0.1) is 6.92 Å². The molecule has 3 aromatic rings. The van der Waals surface area contributed by atoms with Crippen LogP contribution in [0.25, 0.3) is 11.2 Å². The van der Waals surface area contributed by atoms with Gasteiger partial charge < -0.3 is 10.4 Å². The zero-order valence-electron chi connectivity index (χ0n) is 11.2. The average Bonchev–Trinajstić information content (AvgIpc) is 2.93. The number of sulfone groups is 1. The molecule has 108 valence electrons. The van der Waals surface area contributed by atoms with Gasteiger partial charge in [-0.1, -0.05) is 17.7 Å². The van der Waals surface area contributed by atoms with Crippen molar-refractivity contribution < 1.29 is 8.42 Å². The Bertz CT molecular complexity index is 900. The van der Waals surface area contributed by atoms with Gasteiger partial charge in [-0.15, -0.1) is 0 Å². The Labute approximate surface area is 121 Å². The number of aryl methyl sites for hydroxylation is 1. The van der Waals surface area contributed by atoms with E-state index in [-0.39, 0.29) is 15.7 Å². The number of hydrazine groups is 1. The summed E-state index contributed by atoms with van der Waals surface area (Å²) < 4.78 is 25.4. The first-order valence-electron chi connectivity index (χ1n) is 6.16. The average molecular weight is 303 g/mol. The van der Waals surface area contributed by atoms with E-state index in [0.717, 1.165) is 5.56 Å². The molecule has 0 saturated heterocycles. The van der Waals surface area contributed by atoms with Crippen molar-refractivity contribution in [1.82, 2.24) is 15.0 Å². The first-order valence-corrected chi connectivity index (χ1v) is 7.64. The summed E-state index contributed by atoms with van der Waals surface area (Å²) in [5.41, 5.74) is 4.19. The van der Waals surface area contributed by atoms with E-state index < -0.39 is 9.84 Å². The summed E-state index contributed by atoms with van der Waals surface area (Å²) in [7, 11) is -3.80. The minimum Gasteiger partial charge on any atom is -0.345 e. The van der Waals surface area contributed by atoms with Crippen LogP contribution in [-0.4, -0.2) is 23.4 Å². The number of nitrogens with one attached hydrogen (secondary N) is 2. The van der Waals surface area contributed by atoms with Gasteiger partial charge in [-0.05, 0) is 25.1 Å². The minimum atomic E-state index is -3.80. The van der Waals surface area contributed by atoms with Gasteiger partial charge in [-0.25, -0.2) is 24.2 Å². The second-order valence-electron chi connectivity index (χ2n) is 4.55. The topological polar surface area (TPSA) is 114 Å². The molecule has 0 saturated carbocycles. The maximum absolute atomic E-state index is 12.7. The molecule has 3 rings (SSSR count). The Balaban J connectivity index is 2.24. The Morgan fingerprint density at radius 1 is 1.14 bits per heavy atom. The highest BCUT2D eigenvalue weighted by Gasteiger charge is 2.25. The van der Waals surface area contributed by atoms with Gasteiger partial charge >= 0.3 is 0 Å². The molecular weight excluding hydrogens is 290 g/mol. The normalized spacial score (nSPS) is 11.7. The van der Waals surface area contributed by atoms with Gasteiger partial charge in [0.25, 0.3) is 0 Å². The molecule has 0 aliphatic heterocycles. The van der Waals surface area contributed by atoms with Crippen molar-refractivity contribution in [2.75, 3.05) is 5.43 Å². The number of benzene rings is 1. The predicted octanol–water partition coefficient (Wildman–Crippen LogP) is 1.38. The molecule has 0 amide bonds. The van der Waals surface area contributed by atoms with Crippen LogP contribution < -0.4 is 11.3 Å². The van der Waals surface area contributed by atoms with Gasteiger partial charge in [0.2, 0.25) is 14.9 Å². The number of anilines is 1. The van der Waals surface area contributed by atoms with Crippen molar-refractivity contribution >= 4 is 26.8 Å². The lowest BCUT2D eigenvalue weighted by atomic mass is 10.2. The number of nitrogen functional groups attached to an aromatic ring is 1. The molecule has 21 heavy (non-hydrogen) atoms. The smallest absolute Gasteiger partial charge is 0.227 e. The highest BCUT2D eigenvalue weighted by Crippen LogP contribution is 2.26. The lowest BCUT2D eigenvalue weighted by Gasteiger charge is -2.08. The lowest BCUT2D eigenvalue weighted by molar-refractivity contribution is 0.592. The molecule has 0 bridgehead atoms. The van der Waals surface area contributed by atoms with E-state index in [4.69, 9.17) is 5.84 Å². The Hall–Kier alpha value is -2.45. The van der Waals surface area contributed by atoms with Crippen molar-refractivity contribution in [1.29, 1.82) is 0 Å². The van der Waals surface area contributed by atoms with Crippen LogP contribution in [0.4, 0.5) is 5.82 Å². The van der Waals surface area contributed by atoms with Gasteiger partial charge in [0.05, 0.1) is 4.90 Å². The SMILES string of the molecule is Cc1ccc(S(=O)(=O)c2nc3[nH]ccc3nc2NN)cc1. The quantitative estimate of drug-likeness (QED) is 0.497. The highest BCUT2D eigenvalue weighted by atomic mass is 32.2. The van der Waals surface area contributed by atoms with Crippen LogP contribution in [0.1, 0.15) is 5.56 Å². The molecule has 1 aromatic carbocycles. The standard InChI is InChI=1S/C13H13N5O2S/c1-8-2-4-9(5-3-8)21(19,20)13-12(18-14)16-10-6-7-15-11(10)17-13/h2-7H,14H2,1H3,(H,15,17)(H,16,18). The van der Waals surface area contributed by atoms with Crippen molar-refractivity contribution in [3.8, 4) is 0 Å². The van der Waals surface area contributed by atoms with E-state index >= 15 is 0 Å². The Morgan fingerprint density at radius 3 is 2.52 bits per heavy atom. The van der Waals surface area contributed by atoms with Gasteiger partial charge in [-0.3, -0.25) is 0 Å². The van der Waals surface area contributed by atoms with E-state index in [1.54, 1.807) is 24.4 Å². The fourth-order valence-corrected chi connectivity index (χ4v) is 3.25. The fourth-order valence-electron chi connectivity index (χ4n) is 1.97. The molecule has 2 aromatic heterocycles. The molecule has 0 radical (unpaired) electrons. The maximum Gasteiger partial charge on any atom is 0.227 e. The third kappa shape index (κ3) is 2.24. The van der Waals surface area contributed by atoms with Crippen LogP contribution in [0.15, 0.2) is 46.5 Å². The summed E-state index contributed by atoms with van der Waals surface area (Å²) in [5, 5.41) is -0.205. The Kier molecular flexibility index (Phi) is 3.11. The second-order valence-corrected chi connectivity index (χ2v) is 6.41. The molecular formula is C13H13N5O2S. The number of rotatable bonds is 3. The van der Waals surface area contributed by atoms with E-state index in [2.05, 4.69) is 20.4 Å². The lowest BCUT2D eigenvalue weighted by Crippen LogP contribution is -2.16. The fraction of sp³-hybridized carbons (Fsp3) is 0.0769. The molecule has 0 aliphatic carbocycles.